The van der Waals surface area contributed by atoms with E-state index in [0.29, 0.717) is 5.92 Å². The van der Waals surface area contributed by atoms with E-state index < -0.39 is 0 Å². The highest BCUT2D eigenvalue weighted by Gasteiger charge is 2.34. The third-order valence-electron chi connectivity index (χ3n) is 4.00. The summed E-state index contributed by atoms with van der Waals surface area (Å²) in [5.41, 5.74) is 3.57. The number of hydrogen-bond acceptors (Lipinski definition) is 3. The molecule has 2 aromatic rings. The van der Waals surface area contributed by atoms with Crippen LogP contribution in [0.5, 0.6) is 0 Å². The Morgan fingerprint density at radius 1 is 1.53 bits per heavy atom. The summed E-state index contributed by atoms with van der Waals surface area (Å²) in [6, 6.07) is 5.21. The van der Waals surface area contributed by atoms with Crippen LogP contribution in [0.1, 0.15) is 36.1 Å². The molecule has 0 saturated carbocycles. The Balaban J connectivity index is 2.06. The molecule has 1 aliphatic rings. The molecule has 0 fully saturated rings. The Kier molecular flexibility index (Phi) is 2.81. The lowest BCUT2D eigenvalue weighted by Crippen LogP contribution is -2.08. The van der Waals surface area contributed by atoms with Gasteiger partial charge < -0.3 is 4.98 Å². The van der Waals surface area contributed by atoms with Crippen LogP contribution in [0, 0.1) is 16.0 Å². The lowest BCUT2D eigenvalue weighted by molar-refractivity contribution is -0.384. The molecule has 1 heterocycles. The molecule has 1 N–H and O–H groups in total. The van der Waals surface area contributed by atoms with E-state index in [9.17, 15) is 10.1 Å². The van der Waals surface area contributed by atoms with Crippen LogP contribution >= 0.6 is 0 Å². The SMILES string of the molecule is CCC1Cc2cc([N+](=O)[O-])ccc2C1c1cnc[nH]1. The van der Waals surface area contributed by atoms with E-state index in [1.165, 1.54) is 5.56 Å². The Morgan fingerprint density at radius 2 is 2.37 bits per heavy atom. The predicted molar refractivity (Wildman–Crippen MR) is 71.0 cm³/mol. The van der Waals surface area contributed by atoms with Gasteiger partial charge in [0.15, 0.2) is 0 Å². The van der Waals surface area contributed by atoms with Crippen molar-refractivity contribution >= 4 is 5.69 Å². The van der Waals surface area contributed by atoms with Gasteiger partial charge in [-0.05, 0) is 23.5 Å². The number of non-ortho nitro benzene ring substituents is 1. The van der Waals surface area contributed by atoms with Crippen LogP contribution in [0.4, 0.5) is 5.69 Å². The first-order valence-electron chi connectivity index (χ1n) is 6.46. The molecule has 19 heavy (non-hydrogen) atoms. The summed E-state index contributed by atoms with van der Waals surface area (Å²) in [7, 11) is 0. The van der Waals surface area contributed by atoms with Crippen molar-refractivity contribution in [2.45, 2.75) is 25.7 Å². The lowest BCUT2D eigenvalue weighted by Gasteiger charge is -2.17. The second-order valence-corrected chi connectivity index (χ2v) is 5.00. The number of nitro benzene ring substituents is 1. The number of hydrogen-bond donors (Lipinski definition) is 1. The molecule has 0 bridgehead atoms. The average Bonchev–Trinajstić information content (AvgIpc) is 3.03. The van der Waals surface area contributed by atoms with Crippen molar-refractivity contribution in [2.75, 3.05) is 0 Å². The maximum atomic E-state index is 10.9. The maximum absolute atomic E-state index is 10.9. The number of aromatic nitrogens is 2. The molecule has 5 nitrogen and oxygen atoms in total. The number of rotatable bonds is 3. The van der Waals surface area contributed by atoms with E-state index in [1.807, 2.05) is 12.3 Å². The molecule has 0 saturated heterocycles. The monoisotopic (exact) mass is 257 g/mol. The Labute approximate surface area is 110 Å². The molecule has 0 amide bonds. The van der Waals surface area contributed by atoms with Gasteiger partial charge in [-0.25, -0.2) is 4.98 Å². The van der Waals surface area contributed by atoms with Gasteiger partial charge in [0.1, 0.15) is 0 Å². The number of aromatic amines is 1. The second-order valence-electron chi connectivity index (χ2n) is 5.00. The molecule has 2 unspecified atom stereocenters. The summed E-state index contributed by atoms with van der Waals surface area (Å²) in [5, 5.41) is 10.9. The highest BCUT2D eigenvalue weighted by molar-refractivity contribution is 5.47. The molecule has 98 valence electrons. The number of nitrogens with zero attached hydrogens (tertiary/aromatic N) is 2. The van der Waals surface area contributed by atoms with Crippen LogP contribution in [-0.2, 0) is 6.42 Å². The van der Waals surface area contributed by atoms with Gasteiger partial charge in [-0.3, -0.25) is 10.1 Å². The minimum atomic E-state index is -0.329. The van der Waals surface area contributed by atoms with Gasteiger partial charge in [-0.15, -0.1) is 0 Å². The first kappa shape index (κ1) is 11.9. The van der Waals surface area contributed by atoms with Crippen LogP contribution in [0.3, 0.4) is 0 Å². The van der Waals surface area contributed by atoms with Crippen molar-refractivity contribution in [3.8, 4) is 0 Å². The fourth-order valence-corrected chi connectivity index (χ4v) is 3.08. The molecular weight excluding hydrogens is 242 g/mol. The summed E-state index contributed by atoms with van der Waals surface area (Å²) >= 11 is 0. The number of benzene rings is 1. The van der Waals surface area contributed by atoms with E-state index in [2.05, 4.69) is 16.9 Å². The highest BCUT2D eigenvalue weighted by Crippen LogP contribution is 2.44. The van der Waals surface area contributed by atoms with E-state index in [0.717, 1.165) is 24.1 Å². The first-order valence-corrected chi connectivity index (χ1v) is 6.46. The molecule has 1 aliphatic carbocycles. The predicted octanol–water partition coefficient (Wildman–Crippen LogP) is 3.03. The van der Waals surface area contributed by atoms with Crippen LogP contribution in [0.25, 0.3) is 0 Å². The number of imidazole rings is 1. The minimum absolute atomic E-state index is 0.180. The second kappa shape index (κ2) is 4.50. The van der Waals surface area contributed by atoms with Gasteiger partial charge in [0, 0.05) is 29.9 Å². The molecule has 0 spiro atoms. The average molecular weight is 257 g/mol. The summed E-state index contributed by atoms with van der Waals surface area (Å²) in [4.78, 5) is 17.8. The largest absolute Gasteiger partial charge is 0.348 e. The van der Waals surface area contributed by atoms with Crippen molar-refractivity contribution in [3.05, 3.63) is 57.7 Å². The minimum Gasteiger partial charge on any atom is -0.348 e. The lowest BCUT2D eigenvalue weighted by atomic mass is 9.88. The standard InChI is InChI=1S/C14H15N3O2/c1-2-9-5-10-6-11(17(18)19)3-4-12(10)14(9)13-7-15-8-16-13/h3-4,6-9,14H,2,5H2,1H3,(H,15,16). The van der Waals surface area contributed by atoms with Gasteiger partial charge >= 0.3 is 0 Å². The van der Waals surface area contributed by atoms with Crippen LogP contribution in [0.2, 0.25) is 0 Å². The summed E-state index contributed by atoms with van der Waals surface area (Å²) < 4.78 is 0. The first-order chi connectivity index (χ1) is 9.20. The maximum Gasteiger partial charge on any atom is 0.269 e. The van der Waals surface area contributed by atoms with Gasteiger partial charge in [0.25, 0.3) is 5.69 Å². The molecule has 1 aromatic heterocycles. The molecule has 5 heteroatoms. The number of H-pyrrole nitrogens is 1. The van der Waals surface area contributed by atoms with E-state index >= 15 is 0 Å². The van der Waals surface area contributed by atoms with E-state index in [1.54, 1.807) is 18.5 Å². The van der Waals surface area contributed by atoms with Gasteiger partial charge in [-0.1, -0.05) is 19.4 Å². The molecule has 0 aliphatic heterocycles. The topological polar surface area (TPSA) is 71.8 Å². The molecule has 0 radical (unpaired) electrons. The number of nitrogens with one attached hydrogen (secondary N) is 1. The summed E-state index contributed by atoms with van der Waals surface area (Å²) in [5.74, 6) is 0.765. The van der Waals surface area contributed by atoms with Crippen molar-refractivity contribution in [1.82, 2.24) is 9.97 Å². The zero-order valence-electron chi connectivity index (χ0n) is 10.7. The van der Waals surface area contributed by atoms with Crippen molar-refractivity contribution in [1.29, 1.82) is 0 Å². The zero-order valence-corrected chi connectivity index (χ0v) is 10.7. The van der Waals surface area contributed by atoms with E-state index in [4.69, 9.17) is 0 Å². The van der Waals surface area contributed by atoms with Gasteiger partial charge in [-0.2, -0.15) is 0 Å². The van der Waals surface area contributed by atoms with Crippen molar-refractivity contribution < 1.29 is 4.92 Å². The van der Waals surface area contributed by atoms with Gasteiger partial charge in [0.05, 0.1) is 11.3 Å². The van der Waals surface area contributed by atoms with Crippen LogP contribution in [0.15, 0.2) is 30.7 Å². The Bertz CT molecular complexity index is 607. The van der Waals surface area contributed by atoms with Crippen LogP contribution in [-0.4, -0.2) is 14.9 Å². The third-order valence-corrected chi connectivity index (χ3v) is 4.00. The Morgan fingerprint density at radius 3 is 3.00 bits per heavy atom. The smallest absolute Gasteiger partial charge is 0.269 e. The summed E-state index contributed by atoms with van der Waals surface area (Å²) in [6.45, 7) is 2.16. The quantitative estimate of drug-likeness (QED) is 0.678. The van der Waals surface area contributed by atoms with E-state index in [-0.39, 0.29) is 16.5 Å². The number of fused-ring (bicyclic) bond motifs is 1. The van der Waals surface area contributed by atoms with Crippen molar-refractivity contribution in [2.24, 2.45) is 5.92 Å². The molecule has 3 rings (SSSR count). The normalized spacial score (nSPS) is 21.3. The van der Waals surface area contributed by atoms with Crippen LogP contribution < -0.4 is 0 Å². The fraction of sp³-hybridized carbons (Fsp3) is 0.357. The van der Waals surface area contributed by atoms with Gasteiger partial charge in [0.2, 0.25) is 0 Å². The zero-order chi connectivity index (χ0) is 13.4. The molecule has 2 atom stereocenters. The summed E-state index contributed by atoms with van der Waals surface area (Å²) in [6.07, 6.45) is 5.48. The molecular formula is C14H15N3O2. The highest BCUT2D eigenvalue weighted by atomic mass is 16.6. The molecule has 1 aromatic carbocycles. The number of nitro groups is 1. The fourth-order valence-electron chi connectivity index (χ4n) is 3.08. The Hall–Kier alpha value is -2.17. The van der Waals surface area contributed by atoms with Crippen molar-refractivity contribution in [3.63, 3.8) is 0 Å². The third kappa shape index (κ3) is 1.91.